The SMILES string of the molecule is CC(C)CN1CCN(C[C@@H](O)c2ccccc2)CC1. The number of aliphatic hydroxyl groups excluding tert-OH is 1. The lowest BCUT2D eigenvalue weighted by molar-refractivity contribution is 0.0687. The van der Waals surface area contributed by atoms with Gasteiger partial charge in [-0.15, -0.1) is 0 Å². The molecule has 1 N–H and O–H groups in total. The maximum Gasteiger partial charge on any atom is 0.0916 e. The molecule has 19 heavy (non-hydrogen) atoms. The topological polar surface area (TPSA) is 26.7 Å². The molecule has 0 radical (unpaired) electrons. The van der Waals surface area contributed by atoms with E-state index < -0.39 is 0 Å². The van der Waals surface area contributed by atoms with Crippen molar-refractivity contribution in [3.8, 4) is 0 Å². The van der Waals surface area contributed by atoms with E-state index in [1.54, 1.807) is 0 Å². The summed E-state index contributed by atoms with van der Waals surface area (Å²) < 4.78 is 0. The van der Waals surface area contributed by atoms with Gasteiger partial charge in [-0.1, -0.05) is 44.2 Å². The fourth-order valence-electron chi connectivity index (χ4n) is 2.70. The fraction of sp³-hybridized carbons (Fsp3) is 0.625. The minimum atomic E-state index is -0.363. The van der Waals surface area contributed by atoms with Crippen molar-refractivity contribution in [3.05, 3.63) is 35.9 Å². The molecule has 3 heteroatoms. The molecule has 1 saturated heterocycles. The van der Waals surface area contributed by atoms with E-state index in [-0.39, 0.29) is 6.10 Å². The molecule has 0 bridgehead atoms. The van der Waals surface area contributed by atoms with Crippen LogP contribution in [0, 0.1) is 5.92 Å². The number of aliphatic hydroxyl groups is 1. The van der Waals surface area contributed by atoms with Gasteiger partial charge in [-0.3, -0.25) is 4.90 Å². The third-order valence-corrected chi connectivity index (χ3v) is 3.70. The van der Waals surface area contributed by atoms with Crippen LogP contribution in [0.25, 0.3) is 0 Å². The molecular weight excluding hydrogens is 236 g/mol. The zero-order chi connectivity index (χ0) is 13.7. The molecule has 0 saturated carbocycles. The second kappa shape index (κ2) is 7.04. The standard InChI is InChI=1S/C16H26N2O/c1-14(2)12-17-8-10-18(11-9-17)13-16(19)15-6-4-3-5-7-15/h3-7,14,16,19H,8-13H2,1-2H3/t16-/m1/s1. The molecule has 1 aliphatic rings. The number of nitrogens with zero attached hydrogens (tertiary/aromatic N) is 2. The summed E-state index contributed by atoms with van der Waals surface area (Å²) in [7, 11) is 0. The predicted octanol–water partition coefficient (Wildman–Crippen LogP) is 1.99. The number of hydrogen-bond donors (Lipinski definition) is 1. The molecule has 2 rings (SSSR count). The van der Waals surface area contributed by atoms with Crippen LogP contribution in [0.1, 0.15) is 25.5 Å². The van der Waals surface area contributed by atoms with Gasteiger partial charge in [0.25, 0.3) is 0 Å². The Labute approximate surface area is 116 Å². The van der Waals surface area contributed by atoms with Gasteiger partial charge in [0.15, 0.2) is 0 Å². The molecule has 0 amide bonds. The van der Waals surface area contributed by atoms with Gasteiger partial charge < -0.3 is 10.0 Å². The smallest absolute Gasteiger partial charge is 0.0916 e. The molecule has 0 aliphatic carbocycles. The maximum absolute atomic E-state index is 10.2. The molecule has 0 aromatic heterocycles. The molecule has 1 aliphatic heterocycles. The molecule has 1 aromatic rings. The van der Waals surface area contributed by atoms with E-state index >= 15 is 0 Å². The van der Waals surface area contributed by atoms with Crippen molar-refractivity contribution in [3.63, 3.8) is 0 Å². The zero-order valence-electron chi connectivity index (χ0n) is 12.1. The molecule has 1 heterocycles. The van der Waals surface area contributed by atoms with Crippen LogP contribution in [-0.2, 0) is 0 Å². The molecule has 0 spiro atoms. The van der Waals surface area contributed by atoms with Crippen LogP contribution >= 0.6 is 0 Å². The normalized spacial score (nSPS) is 19.8. The van der Waals surface area contributed by atoms with Gasteiger partial charge in [-0.2, -0.15) is 0 Å². The summed E-state index contributed by atoms with van der Waals surface area (Å²) in [4.78, 5) is 4.89. The van der Waals surface area contributed by atoms with Gasteiger partial charge in [0.1, 0.15) is 0 Å². The Morgan fingerprint density at radius 1 is 0.947 bits per heavy atom. The van der Waals surface area contributed by atoms with Gasteiger partial charge in [0.2, 0.25) is 0 Å². The van der Waals surface area contributed by atoms with Crippen LogP contribution in [0.3, 0.4) is 0 Å². The second-order valence-electron chi connectivity index (χ2n) is 5.92. The molecule has 3 nitrogen and oxygen atoms in total. The first-order valence-corrected chi connectivity index (χ1v) is 7.33. The van der Waals surface area contributed by atoms with E-state index in [0.29, 0.717) is 0 Å². The fourth-order valence-corrected chi connectivity index (χ4v) is 2.70. The Morgan fingerprint density at radius 2 is 1.47 bits per heavy atom. The Bertz CT molecular complexity index is 358. The number of hydrogen-bond acceptors (Lipinski definition) is 3. The zero-order valence-corrected chi connectivity index (χ0v) is 12.1. The van der Waals surface area contributed by atoms with Gasteiger partial charge >= 0.3 is 0 Å². The summed E-state index contributed by atoms with van der Waals surface area (Å²) in [5, 5.41) is 10.2. The number of piperazine rings is 1. The number of β-amino-alcohol motifs (C(OH)–C–C–N with tert-alkyl or cyclic N) is 1. The monoisotopic (exact) mass is 262 g/mol. The summed E-state index contributed by atoms with van der Waals surface area (Å²) in [6, 6.07) is 9.96. The van der Waals surface area contributed by atoms with Gasteiger partial charge in [0.05, 0.1) is 6.10 Å². The predicted molar refractivity (Wildman–Crippen MR) is 79.1 cm³/mol. The average molecular weight is 262 g/mol. The first-order valence-electron chi connectivity index (χ1n) is 7.33. The summed E-state index contributed by atoms with van der Waals surface area (Å²) in [6.45, 7) is 10.9. The quantitative estimate of drug-likeness (QED) is 0.879. The van der Waals surface area contributed by atoms with Crippen molar-refractivity contribution in [1.29, 1.82) is 0 Å². The minimum Gasteiger partial charge on any atom is -0.387 e. The van der Waals surface area contributed by atoms with E-state index in [1.165, 1.54) is 6.54 Å². The first kappa shape index (κ1) is 14.5. The minimum absolute atomic E-state index is 0.363. The Hall–Kier alpha value is -0.900. The van der Waals surface area contributed by atoms with E-state index in [1.807, 2.05) is 30.3 Å². The summed E-state index contributed by atoms with van der Waals surface area (Å²) in [5.74, 6) is 0.737. The van der Waals surface area contributed by atoms with Crippen LogP contribution in [-0.4, -0.2) is 54.2 Å². The summed E-state index contributed by atoms with van der Waals surface area (Å²) in [6.07, 6.45) is -0.363. The second-order valence-corrected chi connectivity index (χ2v) is 5.92. The average Bonchev–Trinajstić information content (AvgIpc) is 2.41. The summed E-state index contributed by atoms with van der Waals surface area (Å²) in [5.41, 5.74) is 1.02. The lowest BCUT2D eigenvalue weighted by Gasteiger charge is -2.36. The number of rotatable bonds is 5. The van der Waals surface area contributed by atoms with Crippen LogP contribution in [0.4, 0.5) is 0 Å². The largest absolute Gasteiger partial charge is 0.387 e. The van der Waals surface area contributed by atoms with Crippen LogP contribution in [0.15, 0.2) is 30.3 Å². The highest BCUT2D eigenvalue weighted by Gasteiger charge is 2.20. The lowest BCUT2D eigenvalue weighted by Crippen LogP contribution is -2.48. The Balaban J connectivity index is 1.76. The van der Waals surface area contributed by atoms with Gasteiger partial charge in [-0.05, 0) is 11.5 Å². The highest BCUT2D eigenvalue weighted by atomic mass is 16.3. The lowest BCUT2D eigenvalue weighted by atomic mass is 10.1. The highest BCUT2D eigenvalue weighted by Crippen LogP contribution is 2.15. The van der Waals surface area contributed by atoms with Crippen LogP contribution in [0.2, 0.25) is 0 Å². The number of benzene rings is 1. The maximum atomic E-state index is 10.2. The van der Waals surface area contributed by atoms with Crippen molar-refractivity contribution in [2.24, 2.45) is 5.92 Å². The highest BCUT2D eigenvalue weighted by molar-refractivity contribution is 5.17. The molecule has 1 fully saturated rings. The van der Waals surface area contributed by atoms with E-state index in [4.69, 9.17) is 0 Å². The van der Waals surface area contributed by atoms with Gasteiger partial charge in [0, 0.05) is 39.3 Å². The third kappa shape index (κ3) is 4.60. The Morgan fingerprint density at radius 3 is 2.00 bits per heavy atom. The first-order chi connectivity index (χ1) is 9.15. The van der Waals surface area contributed by atoms with Crippen LogP contribution in [0.5, 0.6) is 0 Å². The van der Waals surface area contributed by atoms with Crippen LogP contribution < -0.4 is 0 Å². The molecule has 106 valence electrons. The van der Waals surface area contributed by atoms with Crippen molar-refractivity contribution < 1.29 is 5.11 Å². The van der Waals surface area contributed by atoms with Gasteiger partial charge in [-0.25, -0.2) is 0 Å². The van der Waals surface area contributed by atoms with Crippen molar-refractivity contribution >= 4 is 0 Å². The molecular formula is C16H26N2O. The third-order valence-electron chi connectivity index (χ3n) is 3.70. The summed E-state index contributed by atoms with van der Waals surface area (Å²) >= 11 is 0. The van der Waals surface area contributed by atoms with Crippen molar-refractivity contribution in [2.45, 2.75) is 20.0 Å². The van der Waals surface area contributed by atoms with Crippen molar-refractivity contribution in [1.82, 2.24) is 9.80 Å². The van der Waals surface area contributed by atoms with E-state index in [9.17, 15) is 5.11 Å². The van der Waals surface area contributed by atoms with Crippen molar-refractivity contribution in [2.75, 3.05) is 39.3 Å². The van der Waals surface area contributed by atoms with E-state index in [0.717, 1.165) is 44.2 Å². The molecule has 1 atom stereocenters. The molecule has 1 aromatic carbocycles. The Kier molecular flexibility index (Phi) is 5.37. The molecule has 0 unspecified atom stereocenters. The van der Waals surface area contributed by atoms with E-state index in [2.05, 4.69) is 23.6 Å².